The summed E-state index contributed by atoms with van der Waals surface area (Å²) in [6, 6.07) is 62.6. The van der Waals surface area contributed by atoms with Crippen LogP contribution in [0.4, 0.5) is 17.1 Å². The molecule has 0 saturated heterocycles. The molecule has 0 fully saturated rings. The second-order valence-corrected chi connectivity index (χ2v) is 14.2. The quantitative estimate of drug-likeness (QED) is 0.170. The van der Waals surface area contributed by atoms with Crippen molar-refractivity contribution in [3.8, 4) is 33.4 Å². The van der Waals surface area contributed by atoms with Crippen molar-refractivity contribution in [2.75, 3.05) is 4.90 Å². The molecule has 1 heterocycles. The zero-order valence-corrected chi connectivity index (χ0v) is 30.3. The molecule has 0 aliphatic rings. The standard InChI is InChI=1S/C54H35NO/c1-2-14-40-34-41(25-24-36(40)12-1)37-26-30-42(31-27-37)55(43-32-28-39(29-33-43)45-21-11-15-38-13-3-4-16-44(38)45)52-22-9-7-18-47(52)50-35-51-48-19-8-10-23-53(48)56-54(51)49-20-6-5-17-46(49)50/h1-35H/i28D,29D,32D,33D. The minimum atomic E-state index is -0.131. The van der Waals surface area contributed by atoms with Crippen LogP contribution in [0.25, 0.3) is 87.6 Å². The van der Waals surface area contributed by atoms with Crippen molar-refractivity contribution in [2.24, 2.45) is 0 Å². The Bertz CT molecular complexity index is 3460. The highest BCUT2D eigenvalue weighted by Crippen LogP contribution is 2.46. The Balaban J connectivity index is 1.16. The number of fused-ring (bicyclic) bond motifs is 7. The Kier molecular flexibility index (Phi) is 6.60. The SMILES string of the molecule is [2H]c1c([2H])c(N(c2ccc(-c3ccc4ccccc4c3)cc2)c2ccccc2-c2cc3c4ccccc4oc3c3ccccc23)c([2H])c([2H])c1-c1cccc2ccccc12. The third-order valence-corrected chi connectivity index (χ3v) is 10.9. The summed E-state index contributed by atoms with van der Waals surface area (Å²) in [7, 11) is 0. The zero-order chi connectivity index (χ0) is 40.5. The maximum atomic E-state index is 9.75. The van der Waals surface area contributed by atoms with Gasteiger partial charge in [0.25, 0.3) is 0 Å². The fourth-order valence-electron chi connectivity index (χ4n) is 8.22. The van der Waals surface area contributed by atoms with Gasteiger partial charge in [0, 0.05) is 33.1 Å². The van der Waals surface area contributed by atoms with Crippen LogP contribution in [-0.4, -0.2) is 0 Å². The molecule has 0 atom stereocenters. The molecule has 0 unspecified atom stereocenters. The summed E-state index contributed by atoms with van der Waals surface area (Å²) in [5.41, 5.74) is 8.06. The molecule has 11 rings (SSSR count). The van der Waals surface area contributed by atoms with Gasteiger partial charge in [-0.2, -0.15) is 0 Å². The molecule has 0 amide bonds. The first-order valence-electron chi connectivity index (χ1n) is 20.8. The van der Waals surface area contributed by atoms with Crippen molar-refractivity contribution in [3.05, 3.63) is 212 Å². The summed E-state index contributed by atoms with van der Waals surface area (Å²) in [4.78, 5) is 1.90. The first-order chi connectivity index (χ1) is 29.4. The Hall–Kier alpha value is -7.42. The predicted octanol–water partition coefficient (Wildman–Crippen LogP) is 15.5. The molecule has 262 valence electrons. The summed E-state index contributed by atoms with van der Waals surface area (Å²) in [6.07, 6.45) is 0. The predicted molar refractivity (Wildman–Crippen MR) is 237 cm³/mol. The molecule has 2 heteroatoms. The molecule has 0 aliphatic carbocycles. The van der Waals surface area contributed by atoms with Gasteiger partial charge < -0.3 is 9.32 Å². The minimum absolute atomic E-state index is 0.102. The summed E-state index contributed by atoms with van der Waals surface area (Å²) in [6.45, 7) is 0. The van der Waals surface area contributed by atoms with E-state index in [1.54, 1.807) is 0 Å². The summed E-state index contributed by atoms with van der Waals surface area (Å²) >= 11 is 0. The molecule has 0 spiro atoms. The highest BCUT2D eigenvalue weighted by molar-refractivity contribution is 6.20. The number of hydrogen-bond acceptors (Lipinski definition) is 2. The first-order valence-corrected chi connectivity index (χ1v) is 18.8. The van der Waals surface area contributed by atoms with Crippen LogP contribution < -0.4 is 4.90 Å². The fourth-order valence-corrected chi connectivity index (χ4v) is 8.22. The van der Waals surface area contributed by atoms with Gasteiger partial charge in [0.05, 0.1) is 11.2 Å². The molecule has 2 nitrogen and oxygen atoms in total. The lowest BCUT2D eigenvalue weighted by molar-refractivity contribution is 0.672. The third kappa shape index (κ3) is 5.34. The number of nitrogens with zero attached hydrogens (tertiary/aromatic N) is 1. The van der Waals surface area contributed by atoms with Gasteiger partial charge in [0.1, 0.15) is 11.2 Å². The van der Waals surface area contributed by atoms with E-state index in [9.17, 15) is 5.48 Å². The number of hydrogen-bond donors (Lipinski definition) is 0. The van der Waals surface area contributed by atoms with Crippen molar-refractivity contribution in [2.45, 2.75) is 0 Å². The van der Waals surface area contributed by atoms with Crippen LogP contribution in [0, 0.1) is 0 Å². The van der Waals surface area contributed by atoms with Crippen LogP contribution in [0.5, 0.6) is 0 Å². The lowest BCUT2D eigenvalue weighted by atomic mass is 9.93. The number of rotatable bonds is 6. The second-order valence-electron chi connectivity index (χ2n) is 14.2. The average Bonchev–Trinajstić information content (AvgIpc) is 3.68. The van der Waals surface area contributed by atoms with Gasteiger partial charge in [0.2, 0.25) is 0 Å². The Morgan fingerprint density at radius 1 is 0.357 bits per heavy atom. The topological polar surface area (TPSA) is 16.4 Å². The van der Waals surface area contributed by atoms with Crippen LogP contribution in [0.1, 0.15) is 5.48 Å². The summed E-state index contributed by atoms with van der Waals surface area (Å²) in [5.74, 6) is 0. The molecule has 0 saturated carbocycles. The Morgan fingerprint density at radius 2 is 0.982 bits per heavy atom. The molecular formula is C54H35NO. The maximum Gasteiger partial charge on any atom is 0.143 e. The van der Waals surface area contributed by atoms with E-state index < -0.39 is 0 Å². The van der Waals surface area contributed by atoms with Crippen molar-refractivity contribution >= 4 is 71.3 Å². The number of benzene rings is 10. The summed E-state index contributed by atoms with van der Waals surface area (Å²) < 4.78 is 45.1. The fraction of sp³-hybridized carbons (Fsp3) is 0. The molecule has 10 aromatic carbocycles. The van der Waals surface area contributed by atoms with Crippen molar-refractivity contribution in [3.63, 3.8) is 0 Å². The molecule has 0 N–H and O–H groups in total. The summed E-state index contributed by atoms with van der Waals surface area (Å²) in [5, 5.41) is 8.14. The average molecular weight is 718 g/mol. The molecule has 0 bridgehead atoms. The number of furan rings is 1. The lowest BCUT2D eigenvalue weighted by Gasteiger charge is -2.28. The zero-order valence-electron chi connectivity index (χ0n) is 34.3. The molecule has 1 aromatic heterocycles. The van der Waals surface area contributed by atoms with Crippen molar-refractivity contribution in [1.82, 2.24) is 0 Å². The Labute approximate surface area is 330 Å². The minimum Gasteiger partial charge on any atom is -0.455 e. The monoisotopic (exact) mass is 717 g/mol. The van der Waals surface area contributed by atoms with Gasteiger partial charge in [-0.3, -0.25) is 0 Å². The third-order valence-electron chi connectivity index (χ3n) is 10.9. The van der Waals surface area contributed by atoms with Gasteiger partial charge in [-0.1, -0.05) is 164 Å². The maximum absolute atomic E-state index is 9.75. The molecule has 0 aliphatic heterocycles. The van der Waals surface area contributed by atoms with E-state index in [1.165, 1.54) is 5.39 Å². The highest BCUT2D eigenvalue weighted by atomic mass is 16.3. The van der Waals surface area contributed by atoms with Gasteiger partial charge >= 0.3 is 0 Å². The smallest absolute Gasteiger partial charge is 0.143 e. The van der Waals surface area contributed by atoms with Crippen LogP contribution in [0.3, 0.4) is 0 Å². The van der Waals surface area contributed by atoms with Gasteiger partial charge in [-0.25, -0.2) is 0 Å². The molecule has 56 heavy (non-hydrogen) atoms. The second kappa shape index (κ2) is 13.2. The van der Waals surface area contributed by atoms with E-state index in [1.807, 2.05) is 120 Å². The van der Waals surface area contributed by atoms with E-state index in [0.29, 0.717) is 16.9 Å². The van der Waals surface area contributed by atoms with E-state index in [4.69, 9.17) is 4.42 Å². The van der Waals surface area contributed by atoms with Gasteiger partial charge in [-0.05, 0) is 103 Å². The van der Waals surface area contributed by atoms with Crippen LogP contribution in [0.2, 0.25) is 0 Å². The number of para-hydroxylation sites is 2. The van der Waals surface area contributed by atoms with Crippen LogP contribution in [-0.2, 0) is 0 Å². The van der Waals surface area contributed by atoms with Gasteiger partial charge in [0.15, 0.2) is 0 Å². The van der Waals surface area contributed by atoms with E-state index in [-0.39, 0.29) is 35.4 Å². The largest absolute Gasteiger partial charge is 0.455 e. The lowest BCUT2D eigenvalue weighted by Crippen LogP contribution is -2.11. The molecule has 11 aromatic rings. The highest BCUT2D eigenvalue weighted by Gasteiger charge is 2.21. The van der Waals surface area contributed by atoms with Crippen LogP contribution >= 0.6 is 0 Å². The first kappa shape index (κ1) is 28.1. The normalized spacial score (nSPS) is 12.6. The van der Waals surface area contributed by atoms with E-state index in [2.05, 4.69) is 72.8 Å². The molecular weight excluding hydrogens is 679 g/mol. The Morgan fingerprint density at radius 3 is 1.82 bits per heavy atom. The molecule has 0 radical (unpaired) electrons. The van der Waals surface area contributed by atoms with E-state index in [0.717, 1.165) is 71.1 Å². The van der Waals surface area contributed by atoms with Crippen molar-refractivity contribution in [1.29, 1.82) is 0 Å². The van der Waals surface area contributed by atoms with Crippen LogP contribution in [0.15, 0.2) is 217 Å². The van der Waals surface area contributed by atoms with Crippen molar-refractivity contribution < 1.29 is 9.90 Å². The van der Waals surface area contributed by atoms with E-state index >= 15 is 0 Å². The van der Waals surface area contributed by atoms with Gasteiger partial charge in [-0.15, -0.1) is 0 Å². The number of anilines is 3.